The molecule has 30 heavy (non-hydrogen) atoms. The maximum absolute atomic E-state index is 12.8. The van der Waals surface area contributed by atoms with Crippen LogP contribution in [0.1, 0.15) is 17.3 Å². The van der Waals surface area contributed by atoms with Crippen LogP contribution in [0.4, 0.5) is 5.69 Å². The summed E-state index contributed by atoms with van der Waals surface area (Å²) in [5, 5.41) is 11.3. The summed E-state index contributed by atoms with van der Waals surface area (Å²) in [7, 11) is -3.65. The highest BCUT2D eigenvalue weighted by Crippen LogP contribution is 2.29. The van der Waals surface area contributed by atoms with Crippen molar-refractivity contribution >= 4 is 37.5 Å². The van der Waals surface area contributed by atoms with Gasteiger partial charge in [0.05, 0.1) is 16.4 Å². The maximum atomic E-state index is 12.8. The lowest BCUT2D eigenvalue weighted by Gasteiger charge is -2.34. The first kappa shape index (κ1) is 22.2. The second-order valence-corrected chi connectivity index (χ2v) is 9.38. The highest BCUT2D eigenvalue weighted by Gasteiger charge is 2.31. The van der Waals surface area contributed by atoms with Crippen LogP contribution in [0.25, 0.3) is 0 Å². The zero-order valence-electron chi connectivity index (χ0n) is 16.2. The Bertz CT molecular complexity index is 1050. The molecule has 1 amide bonds. The first-order valence-electron chi connectivity index (χ1n) is 9.20. The fourth-order valence-electron chi connectivity index (χ4n) is 3.14. The van der Waals surface area contributed by atoms with E-state index in [1.54, 1.807) is 19.1 Å². The minimum Gasteiger partial charge on any atom is -0.487 e. The number of amides is 1. The van der Waals surface area contributed by atoms with Gasteiger partial charge in [0.25, 0.3) is 5.91 Å². The van der Waals surface area contributed by atoms with E-state index in [-0.39, 0.29) is 60.6 Å². The van der Waals surface area contributed by atoms with E-state index >= 15 is 0 Å². The average Bonchev–Trinajstić information content (AvgIpc) is 2.74. The summed E-state index contributed by atoms with van der Waals surface area (Å²) in [6, 6.07) is 10.4. The van der Waals surface area contributed by atoms with Gasteiger partial charge in [-0.25, -0.2) is 8.42 Å². The molecular weight excluding hydrogens is 478 g/mol. The molecule has 9 nitrogen and oxygen atoms in total. The Labute approximate surface area is 182 Å². The molecule has 0 saturated carbocycles. The number of nitro benzene ring substituents is 1. The van der Waals surface area contributed by atoms with Gasteiger partial charge >= 0.3 is 5.69 Å². The van der Waals surface area contributed by atoms with Crippen LogP contribution in [0.5, 0.6) is 5.75 Å². The summed E-state index contributed by atoms with van der Waals surface area (Å²) in [4.78, 5) is 25.2. The molecule has 1 aliphatic heterocycles. The quantitative estimate of drug-likeness (QED) is 0.448. The number of ether oxygens (including phenoxy) is 1. The van der Waals surface area contributed by atoms with Gasteiger partial charge in [-0.1, -0.05) is 15.9 Å². The summed E-state index contributed by atoms with van der Waals surface area (Å²) >= 11 is 3.28. The Balaban J connectivity index is 1.72. The third-order valence-electron chi connectivity index (χ3n) is 4.68. The predicted molar refractivity (Wildman–Crippen MR) is 113 cm³/mol. The molecule has 0 N–H and O–H groups in total. The molecule has 0 aliphatic carbocycles. The van der Waals surface area contributed by atoms with Gasteiger partial charge in [0, 0.05) is 42.3 Å². The number of halogens is 1. The Hall–Kier alpha value is -2.50. The Kier molecular flexibility index (Phi) is 6.74. The number of sulfonamides is 1. The zero-order valence-corrected chi connectivity index (χ0v) is 18.6. The lowest BCUT2D eigenvalue weighted by atomic mass is 10.1. The van der Waals surface area contributed by atoms with Gasteiger partial charge in [0.15, 0.2) is 5.75 Å². The minimum atomic E-state index is -3.65. The van der Waals surface area contributed by atoms with E-state index in [1.807, 2.05) is 0 Å². The molecule has 0 bridgehead atoms. The summed E-state index contributed by atoms with van der Waals surface area (Å²) in [6.45, 7) is 2.64. The molecule has 0 radical (unpaired) electrons. The molecule has 2 aromatic carbocycles. The second kappa shape index (κ2) is 9.11. The van der Waals surface area contributed by atoms with Gasteiger partial charge in [-0.05, 0) is 43.3 Å². The van der Waals surface area contributed by atoms with E-state index in [2.05, 4.69) is 15.9 Å². The fourth-order valence-corrected chi connectivity index (χ4v) is 4.83. The number of hydrogen-bond acceptors (Lipinski definition) is 6. The van der Waals surface area contributed by atoms with E-state index in [4.69, 9.17) is 4.74 Å². The van der Waals surface area contributed by atoms with Gasteiger partial charge in [-0.3, -0.25) is 14.9 Å². The van der Waals surface area contributed by atoms with Crippen molar-refractivity contribution < 1.29 is 22.9 Å². The standard InChI is InChI=1S/C19H20BrN3O6S/c1-2-29-18-8-3-14(13-17(18)23(25)26)19(24)21-9-11-22(12-10-21)30(27,28)16-6-4-15(20)5-7-16/h3-8,13H,2,9-12H2,1H3. The number of carbonyl (C=O) groups is 1. The van der Waals surface area contributed by atoms with E-state index in [1.165, 1.54) is 39.5 Å². The molecular formula is C19H20BrN3O6S. The lowest BCUT2D eigenvalue weighted by molar-refractivity contribution is -0.385. The fraction of sp³-hybridized carbons (Fsp3) is 0.316. The largest absolute Gasteiger partial charge is 0.487 e. The molecule has 2 aromatic rings. The summed E-state index contributed by atoms with van der Waals surface area (Å²) in [5.74, 6) is -0.286. The van der Waals surface area contributed by atoms with Crippen molar-refractivity contribution in [2.45, 2.75) is 11.8 Å². The molecule has 160 valence electrons. The molecule has 0 atom stereocenters. The van der Waals surface area contributed by atoms with Crippen molar-refractivity contribution in [2.75, 3.05) is 32.8 Å². The molecule has 0 unspecified atom stereocenters. The third kappa shape index (κ3) is 4.63. The molecule has 1 fully saturated rings. The molecule has 0 aromatic heterocycles. The molecule has 1 heterocycles. The minimum absolute atomic E-state index is 0.101. The smallest absolute Gasteiger partial charge is 0.311 e. The van der Waals surface area contributed by atoms with Crippen LogP contribution >= 0.6 is 15.9 Å². The van der Waals surface area contributed by atoms with Crippen molar-refractivity contribution in [3.05, 3.63) is 62.6 Å². The van der Waals surface area contributed by atoms with Gasteiger partial charge in [-0.2, -0.15) is 4.31 Å². The van der Waals surface area contributed by atoms with E-state index in [9.17, 15) is 23.3 Å². The SMILES string of the molecule is CCOc1ccc(C(=O)N2CCN(S(=O)(=O)c3ccc(Br)cc3)CC2)cc1[N+](=O)[O-]. The molecule has 3 rings (SSSR count). The number of benzene rings is 2. The van der Waals surface area contributed by atoms with Gasteiger partial charge < -0.3 is 9.64 Å². The highest BCUT2D eigenvalue weighted by molar-refractivity contribution is 9.10. The summed E-state index contributed by atoms with van der Waals surface area (Å²) in [5.41, 5.74) is -0.117. The normalized spacial score (nSPS) is 15.1. The number of carbonyl (C=O) groups excluding carboxylic acids is 1. The molecule has 11 heteroatoms. The van der Waals surface area contributed by atoms with Crippen molar-refractivity contribution in [3.63, 3.8) is 0 Å². The number of nitro groups is 1. The van der Waals surface area contributed by atoms with Crippen molar-refractivity contribution in [2.24, 2.45) is 0 Å². The molecule has 1 saturated heterocycles. The predicted octanol–water partition coefficient (Wildman–Crippen LogP) is 2.90. The lowest BCUT2D eigenvalue weighted by Crippen LogP contribution is -2.50. The number of hydrogen-bond donors (Lipinski definition) is 0. The van der Waals surface area contributed by atoms with Crippen molar-refractivity contribution in [1.82, 2.24) is 9.21 Å². The van der Waals surface area contributed by atoms with Crippen molar-refractivity contribution in [3.8, 4) is 5.75 Å². The highest BCUT2D eigenvalue weighted by atomic mass is 79.9. The van der Waals surface area contributed by atoms with Crippen LogP contribution in [0, 0.1) is 10.1 Å². The number of piperazine rings is 1. The first-order chi connectivity index (χ1) is 14.2. The van der Waals surface area contributed by atoms with Gasteiger partial charge in [0.1, 0.15) is 0 Å². The average molecular weight is 498 g/mol. The van der Waals surface area contributed by atoms with Gasteiger partial charge in [0.2, 0.25) is 10.0 Å². The Morgan fingerprint density at radius 2 is 1.77 bits per heavy atom. The number of nitrogens with zero attached hydrogens (tertiary/aromatic N) is 3. The van der Waals surface area contributed by atoms with Crippen LogP contribution in [-0.2, 0) is 10.0 Å². The Morgan fingerprint density at radius 3 is 2.33 bits per heavy atom. The molecule has 1 aliphatic rings. The van der Waals surface area contributed by atoms with Gasteiger partial charge in [-0.15, -0.1) is 0 Å². The van der Waals surface area contributed by atoms with Crippen LogP contribution in [0.15, 0.2) is 51.8 Å². The van der Waals surface area contributed by atoms with Crippen LogP contribution in [0.3, 0.4) is 0 Å². The van der Waals surface area contributed by atoms with Crippen molar-refractivity contribution in [1.29, 1.82) is 0 Å². The topological polar surface area (TPSA) is 110 Å². The van der Waals surface area contributed by atoms with E-state index in [0.717, 1.165) is 4.47 Å². The maximum Gasteiger partial charge on any atom is 0.311 e. The summed E-state index contributed by atoms with van der Waals surface area (Å²) < 4.78 is 32.9. The monoisotopic (exact) mass is 497 g/mol. The van der Waals surface area contributed by atoms with Crippen LogP contribution in [0.2, 0.25) is 0 Å². The van der Waals surface area contributed by atoms with Crippen LogP contribution < -0.4 is 4.74 Å². The zero-order chi connectivity index (χ0) is 21.9. The van der Waals surface area contributed by atoms with E-state index < -0.39 is 14.9 Å². The van der Waals surface area contributed by atoms with Crippen LogP contribution in [-0.4, -0.2) is 61.2 Å². The third-order valence-corrected chi connectivity index (χ3v) is 7.12. The molecule has 0 spiro atoms. The Morgan fingerprint density at radius 1 is 1.13 bits per heavy atom. The van der Waals surface area contributed by atoms with E-state index in [0.29, 0.717) is 0 Å². The number of rotatable bonds is 6. The first-order valence-corrected chi connectivity index (χ1v) is 11.4. The summed E-state index contributed by atoms with van der Waals surface area (Å²) in [6.07, 6.45) is 0. The second-order valence-electron chi connectivity index (χ2n) is 6.52.